The molecule has 0 amide bonds. The van der Waals surface area contributed by atoms with Gasteiger partial charge < -0.3 is 15.5 Å². The lowest BCUT2D eigenvalue weighted by Crippen LogP contribution is -2.21. The Morgan fingerprint density at radius 2 is 1.56 bits per heavy atom. The van der Waals surface area contributed by atoms with Crippen LogP contribution >= 0.6 is 11.6 Å². The largest absolute Gasteiger partial charge is 0.369 e. The Morgan fingerprint density at radius 1 is 0.889 bits per heavy atom. The molecule has 27 heavy (non-hydrogen) atoms. The summed E-state index contributed by atoms with van der Waals surface area (Å²) >= 11 is 5.96. The van der Waals surface area contributed by atoms with E-state index < -0.39 is 0 Å². The van der Waals surface area contributed by atoms with Gasteiger partial charge in [-0.15, -0.1) is 0 Å². The van der Waals surface area contributed by atoms with Crippen molar-refractivity contribution in [3.8, 4) is 11.4 Å². The summed E-state index contributed by atoms with van der Waals surface area (Å²) < 4.78 is 0. The molecule has 0 fully saturated rings. The number of benzene rings is 2. The van der Waals surface area contributed by atoms with Gasteiger partial charge in [0.15, 0.2) is 5.82 Å². The molecule has 0 saturated heterocycles. The van der Waals surface area contributed by atoms with E-state index >= 15 is 0 Å². The molecule has 1 aromatic heterocycles. The maximum atomic E-state index is 5.96. The van der Waals surface area contributed by atoms with E-state index in [1.54, 1.807) is 0 Å². The van der Waals surface area contributed by atoms with Gasteiger partial charge in [-0.2, -0.15) is 0 Å². The van der Waals surface area contributed by atoms with Crippen molar-refractivity contribution in [2.45, 2.75) is 6.54 Å². The number of aromatic nitrogens is 2. The van der Waals surface area contributed by atoms with E-state index in [-0.39, 0.29) is 0 Å². The fraction of sp³-hybridized carbons (Fsp3) is 0.238. The summed E-state index contributed by atoms with van der Waals surface area (Å²) in [6, 6.07) is 19.7. The van der Waals surface area contributed by atoms with E-state index in [1.165, 1.54) is 0 Å². The van der Waals surface area contributed by atoms with Crippen molar-refractivity contribution in [1.82, 2.24) is 14.9 Å². The minimum Gasteiger partial charge on any atom is -0.369 e. The van der Waals surface area contributed by atoms with Crippen LogP contribution in [0, 0.1) is 0 Å². The standard InChI is InChI=1S/C21H24ClN5/c1-27(2)13-12-23-19-14-20(24-15-16-8-10-18(22)11-9-16)26-21(25-19)17-6-4-3-5-7-17/h3-11,14H,12-13,15H2,1-2H3,(H2,23,24,25,26). The third-order valence-corrected chi connectivity index (χ3v) is 4.26. The molecule has 0 unspecified atom stereocenters. The van der Waals surface area contributed by atoms with Crippen LogP contribution in [0.2, 0.25) is 5.02 Å². The first-order valence-electron chi connectivity index (χ1n) is 8.91. The highest BCUT2D eigenvalue weighted by atomic mass is 35.5. The van der Waals surface area contributed by atoms with E-state index in [2.05, 4.69) is 39.6 Å². The second-order valence-electron chi connectivity index (χ2n) is 6.54. The molecule has 0 aliphatic rings. The number of halogens is 1. The average molecular weight is 382 g/mol. The fourth-order valence-corrected chi connectivity index (χ4v) is 2.67. The Labute approximate surface area is 165 Å². The van der Waals surface area contributed by atoms with Crippen LogP contribution in [-0.2, 0) is 6.54 Å². The van der Waals surface area contributed by atoms with Gasteiger partial charge in [-0.3, -0.25) is 0 Å². The fourth-order valence-electron chi connectivity index (χ4n) is 2.55. The van der Waals surface area contributed by atoms with E-state index in [0.29, 0.717) is 12.4 Å². The van der Waals surface area contributed by atoms with E-state index in [1.807, 2.05) is 60.7 Å². The average Bonchev–Trinajstić information content (AvgIpc) is 2.68. The predicted octanol–water partition coefficient (Wildman–Crippen LogP) is 4.38. The van der Waals surface area contributed by atoms with Crippen LogP contribution in [0.4, 0.5) is 11.6 Å². The minimum absolute atomic E-state index is 0.666. The number of nitrogens with one attached hydrogen (secondary N) is 2. The number of nitrogens with zero attached hydrogens (tertiary/aromatic N) is 3. The van der Waals surface area contributed by atoms with Crippen molar-refractivity contribution in [1.29, 1.82) is 0 Å². The topological polar surface area (TPSA) is 53.1 Å². The van der Waals surface area contributed by atoms with Gasteiger partial charge in [-0.1, -0.05) is 54.1 Å². The summed E-state index contributed by atoms with van der Waals surface area (Å²) in [6.07, 6.45) is 0. The molecule has 0 aliphatic heterocycles. The number of likely N-dealkylation sites (N-methyl/N-ethyl adjacent to an activating group) is 1. The van der Waals surface area contributed by atoms with Gasteiger partial charge >= 0.3 is 0 Å². The molecule has 2 N–H and O–H groups in total. The third-order valence-electron chi connectivity index (χ3n) is 4.01. The van der Waals surface area contributed by atoms with Gasteiger partial charge in [0.25, 0.3) is 0 Å². The molecule has 2 aromatic carbocycles. The van der Waals surface area contributed by atoms with Crippen LogP contribution in [0.1, 0.15) is 5.56 Å². The molecule has 0 bridgehead atoms. The molecule has 0 aliphatic carbocycles. The van der Waals surface area contributed by atoms with Crippen LogP contribution in [0.25, 0.3) is 11.4 Å². The highest BCUT2D eigenvalue weighted by Gasteiger charge is 2.07. The summed E-state index contributed by atoms with van der Waals surface area (Å²) in [5, 5.41) is 7.50. The SMILES string of the molecule is CN(C)CCNc1cc(NCc2ccc(Cl)cc2)nc(-c2ccccc2)n1. The first kappa shape index (κ1) is 19.1. The van der Waals surface area contributed by atoms with Crippen molar-refractivity contribution in [3.05, 3.63) is 71.2 Å². The maximum Gasteiger partial charge on any atom is 0.163 e. The van der Waals surface area contributed by atoms with Gasteiger partial charge in [0.1, 0.15) is 11.6 Å². The maximum absolute atomic E-state index is 5.96. The second-order valence-corrected chi connectivity index (χ2v) is 6.97. The summed E-state index contributed by atoms with van der Waals surface area (Å²) in [6.45, 7) is 2.41. The first-order chi connectivity index (χ1) is 13.1. The highest BCUT2D eigenvalue weighted by molar-refractivity contribution is 6.30. The predicted molar refractivity (Wildman–Crippen MR) is 113 cm³/mol. The summed E-state index contributed by atoms with van der Waals surface area (Å²) in [7, 11) is 4.10. The normalized spacial score (nSPS) is 10.8. The lowest BCUT2D eigenvalue weighted by atomic mass is 10.2. The molecule has 6 heteroatoms. The highest BCUT2D eigenvalue weighted by Crippen LogP contribution is 2.20. The first-order valence-corrected chi connectivity index (χ1v) is 9.29. The zero-order chi connectivity index (χ0) is 19.1. The van der Waals surface area contributed by atoms with Crippen LogP contribution in [0.5, 0.6) is 0 Å². The lowest BCUT2D eigenvalue weighted by molar-refractivity contribution is 0.425. The van der Waals surface area contributed by atoms with Crippen molar-refractivity contribution in [2.75, 3.05) is 37.8 Å². The third kappa shape index (κ3) is 5.94. The Balaban J connectivity index is 1.79. The van der Waals surface area contributed by atoms with Crippen LogP contribution < -0.4 is 10.6 Å². The number of rotatable bonds is 8. The number of hydrogen-bond acceptors (Lipinski definition) is 5. The van der Waals surface area contributed by atoms with Crippen LogP contribution in [-0.4, -0.2) is 42.1 Å². The molecule has 1 heterocycles. The zero-order valence-electron chi connectivity index (χ0n) is 15.6. The molecule has 3 rings (SSSR count). The van der Waals surface area contributed by atoms with Crippen molar-refractivity contribution >= 4 is 23.2 Å². The van der Waals surface area contributed by atoms with Gasteiger partial charge in [-0.25, -0.2) is 9.97 Å². The molecular weight excluding hydrogens is 358 g/mol. The molecule has 0 atom stereocenters. The van der Waals surface area contributed by atoms with Gasteiger partial charge in [-0.05, 0) is 31.8 Å². The Morgan fingerprint density at radius 3 is 2.22 bits per heavy atom. The zero-order valence-corrected chi connectivity index (χ0v) is 16.4. The van der Waals surface area contributed by atoms with Crippen LogP contribution in [0.15, 0.2) is 60.7 Å². The molecule has 5 nitrogen and oxygen atoms in total. The Kier molecular flexibility index (Phi) is 6.63. The molecule has 0 radical (unpaired) electrons. The molecule has 140 valence electrons. The van der Waals surface area contributed by atoms with E-state index in [4.69, 9.17) is 11.6 Å². The number of hydrogen-bond donors (Lipinski definition) is 2. The second kappa shape index (κ2) is 9.35. The van der Waals surface area contributed by atoms with Crippen molar-refractivity contribution in [2.24, 2.45) is 0 Å². The van der Waals surface area contributed by atoms with Crippen molar-refractivity contribution in [3.63, 3.8) is 0 Å². The van der Waals surface area contributed by atoms with Crippen LogP contribution in [0.3, 0.4) is 0 Å². The summed E-state index contributed by atoms with van der Waals surface area (Å²) in [5.41, 5.74) is 2.13. The Bertz CT molecular complexity index is 850. The van der Waals surface area contributed by atoms with Gasteiger partial charge in [0.05, 0.1) is 0 Å². The Hall–Kier alpha value is -2.63. The quantitative estimate of drug-likeness (QED) is 0.606. The van der Waals surface area contributed by atoms with Gasteiger partial charge in [0, 0.05) is 36.3 Å². The number of anilines is 2. The summed E-state index contributed by atoms with van der Waals surface area (Å²) in [5.74, 6) is 2.29. The molecule has 0 spiro atoms. The molecular formula is C21H24ClN5. The lowest BCUT2D eigenvalue weighted by Gasteiger charge is -2.13. The van der Waals surface area contributed by atoms with Gasteiger partial charge in [0.2, 0.25) is 0 Å². The molecule has 3 aromatic rings. The smallest absolute Gasteiger partial charge is 0.163 e. The monoisotopic (exact) mass is 381 g/mol. The van der Waals surface area contributed by atoms with E-state index in [9.17, 15) is 0 Å². The summed E-state index contributed by atoms with van der Waals surface area (Å²) in [4.78, 5) is 11.5. The van der Waals surface area contributed by atoms with E-state index in [0.717, 1.165) is 40.9 Å². The molecule has 0 saturated carbocycles. The van der Waals surface area contributed by atoms with Crippen molar-refractivity contribution < 1.29 is 0 Å². The minimum atomic E-state index is 0.666.